The lowest BCUT2D eigenvalue weighted by molar-refractivity contribution is -0.117. The number of hydrogen-bond acceptors (Lipinski definition) is 3. The summed E-state index contributed by atoms with van der Waals surface area (Å²) in [6.45, 7) is 1.54. The molecule has 1 N–H and O–H groups in total. The molecule has 1 fully saturated rings. The van der Waals surface area contributed by atoms with Crippen LogP contribution in [0.2, 0.25) is 0 Å². The predicted octanol–water partition coefficient (Wildman–Crippen LogP) is 3.36. The number of anilines is 1. The van der Waals surface area contributed by atoms with Crippen molar-refractivity contribution >= 4 is 29.1 Å². The van der Waals surface area contributed by atoms with Crippen molar-refractivity contribution in [3.8, 4) is 0 Å². The average molecular weight is 277 g/mol. The van der Waals surface area contributed by atoms with E-state index < -0.39 is 0 Å². The summed E-state index contributed by atoms with van der Waals surface area (Å²) in [4.78, 5) is 23.1. The van der Waals surface area contributed by atoms with E-state index in [-0.39, 0.29) is 11.7 Å². The van der Waals surface area contributed by atoms with Gasteiger partial charge < -0.3 is 5.32 Å². The smallest absolute Gasteiger partial charge is 0.224 e. The van der Waals surface area contributed by atoms with Crippen LogP contribution in [0.1, 0.15) is 36.5 Å². The molecule has 1 aromatic rings. The second-order valence-corrected chi connectivity index (χ2v) is 6.12. The maximum absolute atomic E-state index is 11.9. The van der Waals surface area contributed by atoms with E-state index in [1.165, 1.54) is 19.1 Å². The molecule has 1 heterocycles. The Kier molecular flexibility index (Phi) is 5.02. The van der Waals surface area contributed by atoms with E-state index >= 15 is 0 Å². The van der Waals surface area contributed by atoms with Crippen molar-refractivity contribution in [2.24, 2.45) is 5.92 Å². The maximum Gasteiger partial charge on any atom is 0.224 e. The van der Waals surface area contributed by atoms with E-state index in [1.807, 2.05) is 11.8 Å². The van der Waals surface area contributed by atoms with Gasteiger partial charge in [-0.25, -0.2) is 0 Å². The quantitative estimate of drug-likeness (QED) is 0.858. The zero-order valence-corrected chi connectivity index (χ0v) is 12.0. The molecule has 0 aromatic heterocycles. The van der Waals surface area contributed by atoms with Gasteiger partial charge in [-0.2, -0.15) is 11.8 Å². The summed E-state index contributed by atoms with van der Waals surface area (Å²) >= 11 is 1.94. The summed E-state index contributed by atoms with van der Waals surface area (Å²) < 4.78 is 0. The van der Waals surface area contributed by atoms with Crippen LogP contribution in [0.15, 0.2) is 24.3 Å². The van der Waals surface area contributed by atoms with E-state index in [4.69, 9.17) is 0 Å². The molecule has 1 atom stereocenters. The maximum atomic E-state index is 11.9. The van der Waals surface area contributed by atoms with Crippen LogP contribution < -0.4 is 5.32 Å². The number of Topliss-reactive ketones (excluding diaryl/α,β-unsaturated/α-hetero) is 1. The first-order valence-corrected chi connectivity index (χ1v) is 7.79. The van der Waals surface area contributed by atoms with E-state index in [1.54, 1.807) is 24.3 Å². The van der Waals surface area contributed by atoms with Gasteiger partial charge in [0.25, 0.3) is 0 Å². The molecule has 4 heteroatoms. The Hall–Kier alpha value is -1.29. The number of carbonyl (C=O) groups excluding carboxylic acids is 2. The van der Waals surface area contributed by atoms with Gasteiger partial charge in [0, 0.05) is 17.7 Å². The largest absolute Gasteiger partial charge is 0.326 e. The lowest BCUT2D eigenvalue weighted by Gasteiger charge is -2.20. The summed E-state index contributed by atoms with van der Waals surface area (Å²) in [5, 5.41) is 2.90. The molecule has 0 bridgehead atoms. The number of hydrogen-bond donors (Lipinski definition) is 1. The van der Waals surface area contributed by atoms with E-state index in [2.05, 4.69) is 5.32 Å². The molecular formula is C15H19NO2S. The van der Waals surface area contributed by atoms with E-state index in [0.29, 0.717) is 17.9 Å². The highest BCUT2D eigenvalue weighted by Gasteiger charge is 2.17. The Morgan fingerprint density at radius 1 is 1.32 bits per heavy atom. The van der Waals surface area contributed by atoms with Gasteiger partial charge in [0.2, 0.25) is 5.91 Å². The van der Waals surface area contributed by atoms with Crippen LogP contribution in [0.3, 0.4) is 0 Å². The molecule has 0 aliphatic carbocycles. The molecule has 3 nitrogen and oxygen atoms in total. The molecule has 1 aliphatic heterocycles. The number of rotatable bonds is 4. The molecule has 2 rings (SSSR count). The van der Waals surface area contributed by atoms with Crippen LogP contribution in [0.25, 0.3) is 0 Å². The first-order chi connectivity index (χ1) is 9.15. The average Bonchev–Trinajstić information content (AvgIpc) is 2.40. The SMILES string of the molecule is CC(=O)c1ccc(NC(=O)CC2CCCSC2)cc1. The number of benzene rings is 1. The van der Waals surface area contributed by atoms with Crippen molar-refractivity contribution in [1.29, 1.82) is 0 Å². The number of carbonyl (C=O) groups is 2. The minimum Gasteiger partial charge on any atom is -0.326 e. The second-order valence-electron chi connectivity index (χ2n) is 4.97. The van der Waals surface area contributed by atoms with Crippen LogP contribution in [0, 0.1) is 5.92 Å². The van der Waals surface area contributed by atoms with Gasteiger partial charge in [-0.05, 0) is 61.5 Å². The number of thioether (sulfide) groups is 1. The first-order valence-electron chi connectivity index (χ1n) is 6.64. The highest BCUT2D eigenvalue weighted by atomic mass is 32.2. The van der Waals surface area contributed by atoms with Gasteiger partial charge in [-0.3, -0.25) is 9.59 Å². The predicted molar refractivity (Wildman–Crippen MR) is 79.7 cm³/mol. The number of amides is 1. The number of ketones is 1. The summed E-state index contributed by atoms with van der Waals surface area (Å²) in [6, 6.07) is 7.05. The monoisotopic (exact) mass is 277 g/mol. The third-order valence-electron chi connectivity index (χ3n) is 3.30. The summed E-state index contributed by atoms with van der Waals surface area (Å²) in [5.74, 6) is 2.94. The molecule has 0 radical (unpaired) electrons. The molecule has 1 aliphatic rings. The zero-order valence-electron chi connectivity index (χ0n) is 11.1. The van der Waals surface area contributed by atoms with Gasteiger partial charge in [0.05, 0.1) is 0 Å². The lowest BCUT2D eigenvalue weighted by atomic mass is 10.0. The zero-order chi connectivity index (χ0) is 13.7. The Morgan fingerprint density at radius 2 is 2.05 bits per heavy atom. The molecule has 1 saturated heterocycles. The van der Waals surface area contributed by atoms with Gasteiger partial charge in [-0.1, -0.05) is 0 Å². The highest BCUT2D eigenvalue weighted by Crippen LogP contribution is 2.25. The van der Waals surface area contributed by atoms with E-state index in [0.717, 1.165) is 17.9 Å². The van der Waals surface area contributed by atoms with Crippen molar-refractivity contribution in [2.45, 2.75) is 26.2 Å². The van der Waals surface area contributed by atoms with Gasteiger partial charge >= 0.3 is 0 Å². The van der Waals surface area contributed by atoms with Crippen molar-refractivity contribution in [1.82, 2.24) is 0 Å². The fraction of sp³-hybridized carbons (Fsp3) is 0.467. The van der Waals surface area contributed by atoms with Crippen LogP contribution in [-0.2, 0) is 4.79 Å². The minimum atomic E-state index is 0.0390. The van der Waals surface area contributed by atoms with Crippen LogP contribution in [-0.4, -0.2) is 23.2 Å². The topological polar surface area (TPSA) is 46.2 Å². The molecule has 1 aromatic carbocycles. The first kappa shape index (κ1) is 14.1. The van der Waals surface area contributed by atoms with Crippen molar-refractivity contribution < 1.29 is 9.59 Å². The molecule has 1 amide bonds. The Labute approximate surface area is 118 Å². The summed E-state index contributed by atoms with van der Waals surface area (Å²) in [6.07, 6.45) is 2.97. The third-order valence-corrected chi connectivity index (χ3v) is 4.59. The van der Waals surface area contributed by atoms with Crippen molar-refractivity contribution in [3.05, 3.63) is 29.8 Å². The van der Waals surface area contributed by atoms with Crippen LogP contribution >= 0.6 is 11.8 Å². The molecule has 1 unspecified atom stereocenters. The Bertz CT molecular complexity index is 450. The number of nitrogens with one attached hydrogen (secondary N) is 1. The normalized spacial score (nSPS) is 18.9. The Morgan fingerprint density at radius 3 is 2.63 bits per heavy atom. The fourth-order valence-corrected chi connectivity index (χ4v) is 3.39. The second kappa shape index (κ2) is 6.75. The van der Waals surface area contributed by atoms with Gasteiger partial charge in [-0.15, -0.1) is 0 Å². The highest BCUT2D eigenvalue weighted by molar-refractivity contribution is 7.99. The lowest BCUT2D eigenvalue weighted by Crippen LogP contribution is -2.20. The molecular weight excluding hydrogens is 258 g/mol. The molecule has 19 heavy (non-hydrogen) atoms. The minimum absolute atomic E-state index is 0.0390. The van der Waals surface area contributed by atoms with Crippen molar-refractivity contribution in [2.75, 3.05) is 16.8 Å². The van der Waals surface area contributed by atoms with E-state index in [9.17, 15) is 9.59 Å². The molecule has 0 saturated carbocycles. The van der Waals surface area contributed by atoms with Gasteiger partial charge in [0.1, 0.15) is 0 Å². The van der Waals surface area contributed by atoms with Crippen LogP contribution in [0.5, 0.6) is 0 Å². The summed E-state index contributed by atoms with van der Waals surface area (Å²) in [7, 11) is 0. The Balaban J connectivity index is 1.85. The van der Waals surface area contributed by atoms with Crippen LogP contribution in [0.4, 0.5) is 5.69 Å². The fourth-order valence-electron chi connectivity index (χ4n) is 2.23. The molecule has 0 spiro atoms. The molecule has 102 valence electrons. The summed E-state index contributed by atoms with van der Waals surface area (Å²) in [5.41, 5.74) is 1.43. The third kappa shape index (κ3) is 4.39. The van der Waals surface area contributed by atoms with Crippen molar-refractivity contribution in [3.63, 3.8) is 0 Å². The standard InChI is InChI=1S/C15H19NO2S/c1-11(17)13-4-6-14(7-5-13)16-15(18)9-12-3-2-8-19-10-12/h4-7,12H,2-3,8-10H2,1H3,(H,16,18). The van der Waals surface area contributed by atoms with Gasteiger partial charge in [0.15, 0.2) is 5.78 Å².